The van der Waals surface area contributed by atoms with Crippen LogP contribution in [0.3, 0.4) is 0 Å². The first kappa shape index (κ1) is 27.0. The molecule has 36 heavy (non-hydrogen) atoms. The van der Waals surface area contributed by atoms with E-state index in [0.717, 1.165) is 11.0 Å². The molecule has 0 aliphatic carbocycles. The monoisotopic (exact) mass is 503 g/mol. The summed E-state index contributed by atoms with van der Waals surface area (Å²) < 4.78 is 20.9. The van der Waals surface area contributed by atoms with Crippen LogP contribution < -0.4 is 10.6 Å². The van der Waals surface area contributed by atoms with Crippen LogP contribution >= 0.6 is 0 Å². The predicted molar refractivity (Wildman–Crippen MR) is 125 cm³/mol. The third-order valence-electron chi connectivity index (χ3n) is 5.41. The standard InChI is InChI=1S/C24H29N3O9/c1-2-20(29)36-15-14-35-13-12-34-11-10-33-9-8-25-17-5-3-4-16-21(17)24(32)27(23(16)31)18-6-7-19(28)26-22(18)30/h2-5,18,25H,1,6-15H2,(H,26,28,30). The topological polar surface area (TPSA) is 150 Å². The number of hydrogen-bond acceptors (Lipinski definition) is 10. The Hall–Kier alpha value is -3.61. The van der Waals surface area contributed by atoms with Gasteiger partial charge in [-0.25, -0.2) is 4.79 Å². The van der Waals surface area contributed by atoms with E-state index >= 15 is 0 Å². The third-order valence-corrected chi connectivity index (χ3v) is 5.41. The number of amides is 4. The molecule has 0 saturated carbocycles. The normalized spacial score (nSPS) is 17.1. The van der Waals surface area contributed by atoms with E-state index in [1.165, 1.54) is 6.07 Å². The summed E-state index contributed by atoms with van der Waals surface area (Å²) in [5, 5.41) is 5.28. The summed E-state index contributed by atoms with van der Waals surface area (Å²) in [6, 6.07) is 3.87. The molecule has 1 saturated heterocycles. The van der Waals surface area contributed by atoms with E-state index in [1.807, 2.05) is 0 Å². The fraction of sp³-hybridized carbons (Fsp3) is 0.458. The van der Waals surface area contributed by atoms with Gasteiger partial charge in [0.05, 0.1) is 50.8 Å². The lowest BCUT2D eigenvalue weighted by atomic mass is 10.0. The van der Waals surface area contributed by atoms with Crippen molar-refractivity contribution in [1.82, 2.24) is 10.2 Å². The molecule has 0 radical (unpaired) electrons. The van der Waals surface area contributed by atoms with Crippen molar-refractivity contribution in [2.24, 2.45) is 0 Å². The summed E-state index contributed by atoms with van der Waals surface area (Å²) in [6.45, 7) is 5.87. The van der Waals surface area contributed by atoms with E-state index in [9.17, 15) is 24.0 Å². The number of hydrogen-bond donors (Lipinski definition) is 2. The van der Waals surface area contributed by atoms with Gasteiger partial charge in [-0.05, 0) is 18.6 Å². The van der Waals surface area contributed by atoms with Crippen molar-refractivity contribution < 1.29 is 42.9 Å². The van der Waals surface area contributed by atoms with Crippen LogP contribution in [0.4, 0.5) is 5.69 Å². The van der Waals surface area contributed by atoms with Gasteiger partial charge >= 0.3 is 5.97 Å². The maximum Gasteiger partial charge on any atom is 0.330 e. The number of nitrogens with zero attached hydrogens (tertiary/aromatic N) is 1. The molecule has 1 atom stereocenters. The molecule has 3 rings (SSSR count). The van der Waals surface area contributed by atoms with Crippen LogP contribution in [0.1, 0.15) is 33.6 Å². The van der Waals surface area contributed by atoms with E-state index in [4.69, 9.17) is 18.9 Å². The van der Waals surface area contributed by atoms with Crippen LogP contribution in [0.5, 0.6) is 0 Å². The Kier molecular flexibility index (Phi) is 10.1. The van der Waals surface area contributed by atoms with Gasteiger partial charge in [-0.15, -0.1) is 0 Å². The smallest absolute Gasteiger partial charge is 0.330 e. The van der Waals surface area contributed by atoms with E-state index in [1.54, 1.807) is 12.1 Å². The van der Waals surface area contributed by atoms with Crippen molar-refractivity contribution in [2.75, 3.05) is 58.1 Å². The number of fused-ring (bicyclic) bond motifs is 1. The molecular formula is C24H29N3O9. The van der Waals surface area contributed by atoms with Crippen molar-refractivity contribution in [1.29, 1.82) is 0 Å². The van der Waals surface area contributed by atoms with Crippen molar-refractivity contribution in [3.8, 4) is 0 Å². The molecule has 4 amide bonds. The zero-order valence-corrected chi connectivity index (χ0v) is 19.8. The van der Waals surface area contributed by atoms with E-state index in [0.29, 0.717) is 45.3 Å². The number of carbonyl (C=O) groups is 5. The second-order valence-corrected chi connectivity index (χ2v) is 7.81. The van der Waals surface area contributed by atoms with Gasteiger partial charge in [0.25, 0.3) is 11.8 Å². The number of carbonyl (C=O) groups excluding carboxylic acids is 5. The molecule has 2 heterocycles. The molecule has 194 valence electrons. The summed E-state index contributed by atoms with van der Waals surface area (Å²) in [4.78, 5) is 61.3. The highest BCUT2D eigenvalue weighted by molar-refractivity contribution is 6.25. The molecule has 2 aliphatic rings. The molecule has 12 heteroatoms. The fourth-order valence-corrected chi connectivity index (χ4v) is 3.72. The number of esters is 1. The average molecular weight is 504 g/mol. The van der Waals surface area contributed by atoms with Gasteiger partial charge < -0.3 is 24.3 Å². The maximum absolute atomic E-state index is 13.0. The molecule has 1 aromatic rings. The number of nitrogens with one attached hydrogen (secondary N) is 2. The zero-order valence-electron chi connectivity index (χ0n) is 19.8. The van der Waals surface area contributed by atoms with Crippen molar-refractivity contribution in [3.63, 3.8) is 0 Å². The van der Waals surface area contributed by atoms with Gasteiger partial charge in [0.1, 0.15) is 12.6 Å². The van der Waals surface area contributed by atoms with Gasteiger partial charge in [0.15, 0.2) is 0 Å². The second kappa shape index (κ2) is 13.5. The lowest BCUT2D eigenvalue weighted by Gasteiger charge is -2.27. The number of anilines is 1. The number of rotatable bonds is 15. The third kappa shape index (κ3) is 6.97. The molecule has 2 N–H and O–H groups in total. The van der Waals surface area contributed by atoms with Crippen LogP contribution in [0.25, 0.3) is 0 Å². The quantitative estimate of drug-likeness (QED) is 0.148. The Balaban J connectivity index is 1.34. The van der Waals surface area contributed by atoms with Gasteiger partial charge in [0, 0.05) is 24.7 Å². The molecule has 0 bridgehead atoms. The first-order valence-electron chi connectivity index (χ1n) is 11.5. The summed E-state index contributed by atoms with van der Waals surface area (Å²) >= 11 is 0. The van der Waals surface area contributed by atoms with Crippen molar-refractivity contribution in [2.45, 2.75) is 18.9 Å². The lowest BCUT2D eigenvalue weighted by molar-refractivity contribution is -0.139. The van der Waals surface area contributed by atoms with E-state index in [2.05, 4.69) is 17.2 Å². The summed E-state index contributed by atoms with van der Waals surface area (Å²) in [5.74, 6) is -2.68. The van der Waals surface area contributed by atoms with Crippen LogP contribution in [-0.4, -0.2) is 93.3 Å². The predicted octanol–water partition coefficient (Wildman–Crippen LogP) is 0.279. The van der Waals surface area contributed by atoms with Crippen molar-refractivity contribution >= 4 is 35.3 Å². The SMILES string of the molecule is C=CC(=O)OCCOCCOCCOCCNc1cccc2c1C(=O)N(C1CCC(=O)NC1=O)C2=O. The summed E-state index contributed by atoms with van der Waals surface area (Å²) in [7, 11) is 0. The van der Waals surface area contributed by atoms with Crippen LogP contribution in [-0.2, 0) is 33.3 Å². The minimum absolute atomic E-state index is 0.0657. The molecule has 1 aromatic carbocycles. The lowest BCUT2D eigenvalue weighted by Crippen LogP contribution is -2.54. The first-order valence-corrected chi connectivity index (χ1v) is 11.5. The first-order chi connectivity index (χ1) is 17.4. The Morgan fingerprint density at radius 2 is 1.67 bits per heavy atom. The fourth-order valence-electron chi connectivity index (χ4n) is 3.72. The van der Waals surface area contributed by atoms with Gasteiger partial charge in [-0.3, -0.25) is 29.4 Å². The molecular weight excluding hydrogens is 474 g/mol. The minimum Gasteiger partial charge on any atom is -0.460 e. The summed E-state index contributed by atoms with van der Waals surface area (Å²) in [5.41, 5.74) is 0.885. The molecule has 0 spiro atoms. The highest BCUT2D eigenvalue weighted by Gasteiger charge is 2.45. The van der Waals surface area contributed by atoms with Gasteiger partial charge in [-0.1, -0.05) is 12.6 Å². The maximum atomic E-state index is 13.0. The van der Waals surface area contributed by atoms with Gasteiger partial charge in [0.2, 0.25) is 11.8 Å². The molecule has 1 unspecified atom stereocenters. The Labute approximate surface area is 207 Å². The molecule has 2 aliphatic heterocycles. The minimum atomic E-state index is -1.01. The second-order valence-electron chi connectivity index (χ2n) is 7.81. The highest BCUT2D eigenvalue weighted by atomic mass is 16.6. The average Bonchev–Trinajstić information content (AvgIpc) is 3.12. The highest BCUT2D eigenvalue weighted by Crippen LogP contribution is 2.32. The largest absolute Gasteiger partial charge is 0.460 e. The number of benzene rings is 1. The Bertz CT molecular complexity index is 1010. The molecule has 0 aromatic heterocycles. The summed E-state index contributed by atoms with van der Waals surface area (Å²) in [6.07, 6.45) is 1.26. The van der Waals surface area contributed by atoms with Gasteiger partial charge in [-0.2, -0.15) is 0 Å². The number of ether oxygens (including phenoxy) is 4. The van der Waals surface area contributed by atoms with Crippen LogP contribution in [0.15, 0.2) is 30.9 Å². The Morgan fingerprint density at radius 1 is 1.00 bits per heavy atom. The number of piperidine rings is 1. The van der Waals surface area contributed by atoms with Crippen molar-refractivity contribution in [3.05, 3.63) is 42.0 Å². The molecule has 12 nitrogen and oxygen atoms in total. The van der Waals surface area contributed by atoms with E-state index in [-0.39, 0.29) is 37.2 Å². The Morgan fingerprint density at radius 3 is 2.33 bits per heavy atom. The van der Waals surface area contributed by atoms with Crippen LogP contribution in [0.2, 0.25) is 0 Å². The van der Waals surface area contributed by atoms with E-state index < -0.39 is 35.6 Å². The zero-order chi connectivity index (χ0) is 25.9. The molecule has 1 fully saturated rings. The number of imide groups is 2. The van der Waals surface area contributed by atoms with Crippen LogP contribution in [0, 0.1) is 0 Å².